The van der Waals surface area contributed by atoms with E-state index in [9.17, 15) is 17.6 Å². The normalized spacial score (nSPS) is 16.8. The van der Waals surface area contributed by atoms with E-state index in [1.54, 1.807) is 42.7 Å². The molecule has 6 nitrogen and oxygen atoms in total. The van der Waals surface area contributed by atoms with Crippen molar-refractivity contribution in [2.45, 2.75) is 16.3 Å². The predicted octanol–water partition coefficient (Wildman–Crippen LogP) is 4.86. The van der Waals surface area contributed by atoms with Crippen LogP contribution in [0.25, 0.3) is 11.1 Å². The minimum Gasteiger partial charge on any atom is -0.343 e. The number of carbonyl (C=O) groups excluding carboxylic acids is 1. The Kier molecular flexibility index (Phi) is 7.36. The lowest BCUT2D eigenvalue weighted by Gasteiger charge is -2.26. The SMILES string of the molecule is O=C(NC(c1ccccc1)c1ccncc1)[C@@H]1SCCN1S(=O)(=O)c1ccc(-c2ccccc2F)cc1. The topological polar surface area (TPSA) is 79.4 Å². The maximum atomic E-state index is 14.2. The molecule has 0 aliphatic carbocycles. The van der Waals surface area contributed by atoms with Crippen molar-refractivity contribution in [3.05, 3.63) is 120 Å². The highest BCUT2D eigenvalue weighted by Crippen LogP contribution is 2.33. The monoisotopic (exact) mass is 533 g/mol. The average Bonchev–Trinajstić information content (AvgIpc) is 3.44. The number of sulfonamides is 1. The second kappa shape index (κ2) is 10.8. The Morgan fingerprint density at radius 1 is 0.919 bits per heavy atom. The zero-order chi connectivity index (χ0) is 25.8. The third-order valence-electron chi connectivity index (χ3n) is 6.18. The lowest BCUT2D eigenvalue weighted by atomic mass is 9.99. The van der Waals surface area contributed by atoms with Crippen LogP contribution in [-0.2, 0) is 14.8 Å². The number of thioether (sulfide) groups is 1. The van der Waals surface area contributed by atoms with Crippen LogP contribution in [0, 0.1) is 5.82 Å². The first-order valence-electron chi connectivity index (χ1n) is 11.7. The fraction of sp³-hybridized carbons (Fsp3) is 0.143. The number of benzene rings is 3. The van der Waals surface area contributed by atoms with Gasteiger partial charge in [-0.2, -0.15) is 4.31 Å². The molecule has 1 aromatic heterocycles. The van der Waals surface area contributed by atoms with E-state index < -0.39 is 21.4 Å². The van der Waals surface area contributed by atoms with Crippen LogP contribution in [0.15, 0.2) is 108 Å². The Hall–Kier alpha value is -3.53. The molecule has 2 heterocycles. The lowest BCUT2D eigenvalue weighted by Crippen LogP contribution is -2.45. The zero-order valence-corrected chi connectivity index (χ0v) is 21.3. The number of halogens is 1. The molecule has 3 aromatic carbocycles. The van der Waals surface area contributed by atoms with Crippen LogP contribution in [-0.4, -0.2) is 41.3 Å². The second-order valence-corrected chi connectivity index (χ2v) is 11.6. The number of pyridine rings is 1. The fourth-order valence-electron chi connectivity index (χ4n) is 4.32. The summed E-state index contributed by atoms with van der Waals surface area (Å²) in [6.07, 6.45) is 3.31. The summed E-state index contributed by atoms with van der Waals surface area (Å²) in [4.78, 5) is 17.6. The molecule has 1 aliphatic rings. The van der Waals surface area contributed by atoms with E-state index in [0.717, 1.165) is 11.1 Å². The van der Waals surface area contributed by atoms with Crippen molar-refractivity contribution in [2.24, 2.45) is 0 Å². The van der Waals surface area contributed by atoms with E-state index in [2.05, 4.69) is 10.3 Å². The molecule has 0 bridgehead atoms. The van der Waals surface area contributed by atoms with Gasteiger partial charge < -0.3 is 5.32 Å². The van der Waals surface area contributed by atoms with E-state index in [1.807, 2.05) is 42.5 Å². The van der Waals surface area contributed by atoms with Crippen LogP contribution < -0.4 is 5.32 Å². The van der Waals surface area contributed by atoms with Crippen molar-refractivity contribution in [3.8, 4) is 11.1 Å². The highest BCUT2D eigenvalue weighted by atomic mass is 32.2. The number of amides is 1. The van der Waals surface area contributed by atoms with E-state index >= 15 is 0 Å². The molecule has 0 radical (unpaired) electrons. The van der Waals surface area contributed by atoms with Crippen molar-refractivity contribution in [3.63, 3.8) is 0 Å². The minimum absolute atomic E-state index is 0.0571. The molecule has 4 aromatic rings. The zero-order valence-electron chi connectivity index (χ0n) is 19.7. The van der Waals surface area contributed by atoms with Crippen molar-refractivity contribution < 1.29 is 17.6 Å². The molecule has 0 spiro atoms. The van der Waals surface area contributed by atoms with Crippen LogP contribution in [0.2, 0.25) is 0 Å². The molecular formula is C28H24FN3O3S2. The molecule has 1 amide bonds. The molecule has 1 saturated heterocycles. The number of nitrogens with one attached hydrogen (secondary N) is 1. The maximum absolute atomic E-state index is 14.2. The summed E-state index contributed by atoms with van der Waals surface area (Å²) in [6.45, 7) is 0.214. The first-order chi connectivity index (χ1) is 17.9. The Balaban J connectivity index is 1.39. The van der Waals surface area contributed by atoms with Gasteiger partial charge in [-0.1, -0.05) is 60.7 Å². The molecule has 0 saturated carbocycles. The molecule has 5 rings (SSSR count). The Labute approximate surface area is 219 Å². The lowest BCUT2D eigenvalue weighted by molar-refractivity contribution is -0.122. The molecule has 9 heteroatoms. The number of hydrogen-bond acceptors (Lipinski definition) is 5. The number of hydrogen-bond donors (Lipinski definition) is 1. The summed E-state index contributed by atoms with van der Waals surface area (Å²) in [7, 11) is -3.96. The van der Waals surface area contributed by atoms with E-state index in [-0.39, 0.29) is 23.2 Å². The molecule has 1 fully saturated rings. The van der Waals surface area contributed by atoms with E-state index in [4.69, 9.17) is 0 Å². The van der Waals surface area contributed by atoms with Gasteiger partial charge in [0.1, 0.15) is 11.2 Å². The van der Waals surface area contributed by atoms with Crippen molar-refractivity contribution in [1.29, 1.82) is 0 Å². The van der Waals surface area contributed by atoms with Gasteiger partial charge in [-0.25, -0.2) is 12.8 Å². The third-order valence-corrected chi connectivity index (χ3v) is 9.39. The van der Waals surface area contributed by atoms with Crippen molar-refractivity contribution in [2.75, 3.05) is 12.3 Å². The van der Waals surface area contributed by atoms with E-state index in [1.165, 1.54) is 34.3 Å². The predicted molar refractivity (Wildman–Crippen MR) is 143 cm³/mol. The fourth-order valence-corrected chi connectivity index (χ4v) is 7.40. The third kappa shape index (κ3) is 5.29. The molecule has 2 atom stereocenters. The van der Waals surface area contributed by atoms with Crippen molar-refractivity contribution in [1.82, 2.24) is 14.6 Å². The minimum atomic E-state index is -3.96. The summed E-state index contributed by atoms with van der Waals surface area (Å²) in [5.74, 6) is -0.275. The molecule has 37 heavy (non-hydrogen) atoms. The standard InChI is InChI=1S/C28H24FN3O3S2/c29-25-9-5-4-8-24(25)20-10-12-23(13-11-20)37(34,35)32-18-19-36-28(32)27(33)31-26(21-6-2-1-3-7-21)22-14-16-30-17-15-22/h1-17,26,28H,18-19H2,(H,31,33)/t26?,28-/m0/s1. The van der Waals surface area contributed by atoms with Crippen LogP contribution in [0.4, 0.5) is 4.39 Å². The van der Waals surface area contributed by atoms with Gasteiger partial charge in [-0.3, -0.25) is 9.78 Å². The van der Waals surface area contributed by atoms with Crippen molar-refractivity contribution >= 4 is 27.7 Å². The van der Waals surface area contributed by atoms with Crippen LogP contribution in [0.5, 0.6) is 0 Å². The van der Waals surface area contributed by atoms with Gasteiger partial charge in [0.2, 0.25) is 15.9 Å². The van der Waals surface area contributed by atoms with Gasteiger partial charge in [0.05, 0.1) is 10.9 Å². The molecule has 1 unspecified atom stereocenters. The number of rotatable bonds is 7. The number of nitrogens with zero attached hydrogens (tertiary/aromatic N) is 2. The largest absolute Gasteiger partial charge is 0.343 e. The van der Waals surface area contributed by atoms with Crippen LogP contribution in [0.3, 0.4) is 0 Å². The quantitative estimate of drug-likeness (QED) is 0.367. The smallest absolute Gasteiger partial charge is 0.249 e. The van der Waals surface area contributed by atoms with Gasteiger partial charge in [0.25, 0.3) is 0 Å². The molecular weight excluding hydrogens is 509 g/mol. The number of carbonyl (C=O) groups is 1. The molecule has 1 aliphatic heterocycles. The van der Waals surface area contributed by atoms with Gasteiger partial charge in [-0.05, 0) is 47.0 Å². The highest BCUT2D eigenvalue weighted by molar-refractivity contribution is 8.02. The summed E-state index contributed by atoms with van der Waals surface area (Å²) >= 11 is 1.29. The van der Waals surface area contributed by atoms with Gasteiger partial charge in [0, 0.05) is 30.3 Å². The van der Waals surface area contributed by atoms with Gasteiger partial charge in [-0.15, -0.1) is 11.8 Å². The average molecular weight is 534 g/mol. The Morgan fingerprint density at radius 3 is 2.27 bits per heavy atom. The first-order valence-corrected chi connectivity index (χ1v) is 14.2. The summed E-state index contributed by atoms with van der Waals surface area (Å²) < 4.78 is 42.5. The molecule has 188 valence electrons. The number of aromatic nitrogens is 1. The van der Waals surface area contributed by atoms with Crippen LogP contribution in [0.1, 0.15) is 17.2 Å². The first kappa shape index (κ1) is 25.1. The summed E-state index contributed by atoms with van der Waals surface area (Å²) in [5, 5.41) is 2.13. The van der Waals surface area contributed by atoms with Gasteiger partial charge >= 0.3 is 0 Å². The van der Waals surface area contributed by atoms with E-state index in [0.29, 0.717) is 16.9 Å². The Morgan fingerprint density at radius 2 is 1.57 bits per heavy atom. The highest BCUT2D eigenvalue weighted by Gasteiger charge is 2.41. The summed E-state index contributed by atoms with van der Waals surface area (Å²) in [6, 6.07) is 25.1. The second-order valence-electron chi connectivity index (χ2n) is 8.48. The maximum Gasteiger partial charge on any atom is 0.249 e. The van der Waals surface area contributed by atoms with Gasteiger partial charge in [0.15, 0.2) is 0 Å². The molecule has 1 N–H and O–H groups in total. The van der Waals surface area contributed by atoms with Crippen LogP contribution >= 0.6 is 11.8 Å². The Bertz CT molecular complexity index is 1440. The summed E-state index contributed by atoms with van der Waals surface area (Å²) in [5.41, 5.74) is 2.69.